The topological polar surface area (TPSA) is 67.4 Å². The van der Waals surface area contributed by atoms with Crippen LogP contribution in [0, 0.1) is 0 Å². The Kier molecular flexibility index (Phi) is 5.45. The number of hydrogen-bond donors (Lipinski definition) is 2. The van der Waals surface area contributed by atoms with Gasteiger partial charge in [-0.1, -0.05) is 29.8 Å². The van der Waals surface area contributed by atoms with E-state index in [1.807, 2.05) is 18.2 Å². The van der Waals surface area contributed by atoms with Crippen LogP contribution in [0.1, 0.15) is 12.5 Å². The molecule has 0 radical (unpaired) electrons. The van der Waals surface area contributed by atoms with Gasteiger partial charge in [-0.15, -0.1) is 0 Å². The van der Waals surface area contributed by atoms with Gasteiger partial charge in [0.1, 0.15) is 6.04 Å². The van der Waals surface area contributed by atoms with Crippen LogP contribution < -0.4 is 10.6 Å². The van der Waals surface area contributed by atoms with Crippen molar-refractivity contribution < 1.29 is 14.3 Å². The molecule has 0 aromatic heterocycles. The normalized spacial score (nSPS) is 11.5. The number of esters is 1. The zero-order valence-corrected chi connectivity index (χ0v) is 11.0. The quantitative estimate of drug-likeness (QED) is 0.819. The molecule has 1 aromatic carbocycles. The summed E-state index contributed by atoms with van der Waals surface area (Å²) >= 11 is 5.94. The minimum atomic E-state index is -0.693. The van der Waals surface area contributed by atoms with E-state index in [1.165, 1.54) is 7.11 Å². The van der Waals surface area contributed by atoms with Crippen LogP contribution in [-0.4, -0.2) is 25.2 Å². The van der Waals surface area contributed by atoms with Crippen molar-refractivity contribution in [2.75, 3.05) is 7.11 Å². The van der Waals surface area contributed by atoms with Gasteiger partial charge >= 0.3 is 12.0 Å². The number of ether oxygens (including phenoxy) is 1. The Bertz CT molecular complexity index is 437. The van der Waals surface area contributed by atoms with Crippen LogP contribution in [0.25, 0.3) is 0 Å². The summed E-state index contributed by atoms with van der Waals surface area (Å²) in [4.78, 5) is 22.6. The van der Waals surface area contributed by atoms with E-state index in [0.717, 1.165) is 5.56 Å². The first-order valence-corrected chi connectivity index (χ1v) is 5.78. The number of methoxy groups -OCH3 is 1. The van der Waals surface area contributed by atoms with Gasteiger partial charge in [-0.2, -0.15) is 0 Å². The monoisotopic (exact) mass is 270 g/mol. The van der Waals surface area contributed by atoms with Gasteiger partial charge in [0.2, 0.25) is 0 Å². The van der Waals surface area contributed by atoms with Crippen LogP contribution in [0.4, 0.5) is 4.79 Å². The molecule has 0 saturated heterocycles. The lowest BCUT2D eigenvalue weighted by atomic mass is 10.2. The van der Waals surface area contributed by atoms with Gasteiger partial charge in [-0.25, -0.2) is 9.59 Å². The molecule has 0 saturated carbocycles. The molecule has 2 amide bonds. The molecule has 0 aliphatic rings. The van der Waals surface area contributed by atoms with Crippen molar-refractivity contribution in [3.8, 4) is 0 Å². The van der Waals surface area contributed by atoms with Crippen LogP contribution in [0.3, 0.4) is 0 Å². The number of nitrogens with one attached hydrogen (secondary N) is 2. The van der Waals surface area contributed by atoms with Gasteiger partial charge in [0.15, 0.2) is 0 Å². The van der Waals surface area contributed by atoms with Crippen molar-refractivity contribution in [2.45, 2.75) is 19.5 Å². The molecule has 0 aliphatic carbocycles. The van der Waals surface area contributed by atoms with Gasteiger partial charge in [0.25, 0.3) is 0 Å². The minimum Gasteiger partial charge on any atom is -0.467 e. The average molecular weight is 271 g/mol. The molecule has 2 N–H and O–H groups in total. The number of urea groups is 1. The number of rotatable bonds is 4. The molecule has 1 rings (SSSR count). The average Bonchev–Trinajstić information content (AvgIpc) is 2.36. The molecule has 1 aromatic rings. The van der Waals surface area contributed by atoms with Crippen molar-refractivity contribution in [1.82, 2.24) is 10.6 Å². The molecule has 18 heavy (non-hydrogen) atoms. The summed E-state index contributed by atoms with van der Waals surface area (Å²) in [5.41, 5.74) is 0.806. The van der Waals surface area contributed by atoms with E-state index in [9.17, 15) is 9.59 Å². The Morgan fingerprint density at radius 1 is 1.39 bits per heavy atom. The third-order valence-electron chi connectivity index (χ3n) is 2.30. The molecule has 1 unspecified atom stereocenters. The van der Waals surface area contributed by atoms with Crippen LogP contribution in [0.5, 0.6) is 0 Å². The molecule has 6 heteroatoms. The second-order valence-corrected chi connectivity index (χ2v) is 4.07. The van der Waals surface area contributed by atoms with E-state index in [4.69, 9.17) is 11.6 Å². The van der Waals surface area contributed by atoms with Gasteiger partial charge in [-0.3, -0.25) is 0 Å². The predicted octanol–water partition coefficient (Wildman–Crippen LogP) is 1.70. The summed E-state index contributed by atoms with van der Waals surface area (Å²) in [6, 6.07) is 6.05. The lowest BCUT2D eigenvalue weighted by Crippen LogP contribution is -2.44. The van der Waals surface area contributed by atoms with E-state index in [-0.39, 0.29) is 0 Å². The molecule has 5 nitrogen and oxygen atoms in total. The molecule has 0 spiro atoms. The Morgan fingerprint density at radius 2 is 2.06 bits per heavy atom. The summed E-state index contributed by atoms with van der Waals surface area (Å²) in [6.45, 7) is 1.83. The van der Waals surface area contributed by atoms with Crippen molar-refractivity contribution in [3.05, 3.63) is 34.9 Å². The van der Waals surface area contributed by atoms with Crippen LogP contribution >= 0.6 is 11.6 Å². The van der Waals surface area contributed by atoms with Crippen molar-refractivity contribution in [2.24, 2.45) is 0 Å². The summed E-state index contributed by atoms with van der Waals surface area (Å²) in [6.07, 6.45) is 0. The number of amides is 2. The summed E-state index contributed by atoms with van der Waals surface area (Å²) in [5.74, 6) is -0.497. The number of carbonyl (C=O) groups excluding carboxylic acids is 2. The first kappa shape index (κ1) is 14.3. The fourth-order valence-corrected chi connectivity index (χ4v) is 1.50. The molecular weight excluding hydrogens is 256 g/mol. The highest BCUT2D eigenvalue weighted by atomic mass is 35.5. The summed E-state index contributed by atoms with van der Waals surface area (Å²) < 4.78 is 4.49. The van der Waals surface area contributed by atoms with E-state index in [1.54, 1.807) is 13.0 Å². The number of halogens is 1. The van der Waals surface area contributed by atoms with Gasteiger partial charge in [0.05, 0.1) is 7.11 Å². The second-order valence-electron chi connectivity index (χ2n) is 3.66. The lowest BCUT2D eigenvalue weighted by Gasteiger charge is -2.12. The van der Waals surface area contributed by atoms with Crippen LogP contribution in [-0.2, 0) is 16.1 Å². The van der Waals surface area contributed by atoms with Crippen molar-refractivity contribution in [1.29, 1.82) is 0 Å². The summed E-state index contributed by atoms with van der Waals surface area (Å²) in [5, 5.41) is 5.64. The minimum absolute atomic E-state index is 0.291. The first-order chi connectivity index (χ1) is 8.54. The number of carbonyl (C=O) groups is 2. The third kappa shape index (κ3) is 4.25. The number of hydrogen-bond acceptors (Lipinski definition) is 3. The third-order valence-corrected chi connectivity index (χ3v) is 2.67. The van der Waals surface area contributed by atoms with E-state index >= 15 is 0 Å². The Labute approximate surface area is 110 Å². The molecule has 0 fully saturated rings. The zero-order valence-electron chi connectivity index (χ0n) is 10.2. The standard InChI is InChI=1S/C12H15ClN2O3/c1-8(11(16)18-2)15-12(17)14-7-9-5-3-4-6-10(9)13/h3-6,8H,7H2,1-2H3,(H2,14,15,17). The Balaban J connectivity index is 2.43. The SMILES string of the molecule is COC(=O)C(C)NC(=O)NCc1ccccc1Cl. The number of benzene rings is 1. The smallest absolute Gasteiger partial charge is 0.328 e. The van der Waals surface area contributed by atoms with E-state index in [0.29, 0.717) is 11.6 Å². The van der Waals surface area contributed by atoms with Gasteiger partial charge in [-0.05, 0) is 18.6 Å². The van der Waals surface area contributed by atoms with E-state index in [2.05, 4.69) is 15.4 Å². The van der Waals surface area contributed by atoms with Crippen molar-refractivity contribution >= 4 is 23.6 Å². The lowest BCUT2D eigenvalue weighted by molar-refractivity contribution is -0.142. The van der Waals surface area contributed by atoms with Crippen LogP contribution in [0.2, 0.25) is 5.02 Å². The second kappa shape index (κ2) is 6.86. The highest BCUT2D eigenvalue weighted by Gasteiger charge is 2.15. The highest BCUT2D eigenvalue weighted by molar-refractivity contribution is 6.31. The largest absolute Gasteiger partial charge is 0.467 e. The van der Waals surface area contributed by atoms with Crippen molar-refractivity contribution in [3.63, 3.8) is 0 Å². The zero-order chi connectivity index (χ0) is 13.5. The molecule has 0 aliphatic heterocycles. The maximum absolute atomic E-state index is 11.5. The highest BCUT2D eigenvalue weighted by Crippen LogP contribution is 2.14. The molecule has 0 heterocycles. The van der Waals surface area contributed by atoms with E-state index < -0.39 is 18.0 Å². The maximum Gasteiger partial charge on any atom is 0.328 e. The van der Waals surface area contributed by atoms with Crippen LogP contribution in [0.15, 0.2) is 24.3 Å². The predicted molar refractivity (Wildman–Crippen MR) is 68.3 cm³/mol. The molecule has 0 bridgehead atoms. The van der Waals surface area contributed by atoms with Gasteiger partial charge in [0, 0.05) is 11.6 Å². The Morgan fingerprint density at radius 3 is 2.67 bits per heavy atom. The molecular formula is C12H15ClN2O3. The molecule has 1 atom stereocenters. The van der Waals surface area contributed by atoms with Gasteiger partial charge < -0.3 is 15.4 Å². The Hall–Kier alpha value is -1.75. The summed E-state index contributed by atoms with van der Waals surface area (Å²) in [7, 11) is 1.27. The fraction of sp³-hybridized carbons (Fsp3) is 0.333. The molecule has 98 valence electrons. The maximum atomic E-state index is 11.5. The fourth-order valence-electron chi connectivity index (χ4n) is 1.30. The first-order valence-electron chi connectivity index (χ1n) is 5.40.